The number of hydrogen-bond acceptors (Lipinski definition) is 6. The number of allylic oxidation sites excluding steroid dienone is 2. The van der Waals surface area contributed by atoms with Crippen molar-refractivity contribution < 1.29 is 29.0 Å². The number of carbonyl (C=O) groups is 2. The number of hydrogen-bond donors (Lipinski definition) is 3. The van der Waals surface area contributed by atoms with Gasteiger partial charge < -0.3 is 19.4 Å². The van der Waals surface area contributed by atoms with E-state index in [4.69, 9.17) is 14.3 Å². The molecule has 0 radical (unpaired) electrons. The summed E-state index contributed by atoms with van der Waals surface area (Å²) >= 11 is 0. The Morgan fingerprint density at radius 2 is 1.94 bits per heavy atom. The molecule has 8 heteroatoms. The molecular weight excluding hydrogens is 438 g/mol. The van der Waals surface area contributed by atoms with Gasteiger partial charge in [-0.25, -0.2) is 9.59 Å². The Balaban J connectivity index is 2.09. The van der Waals surface area contributed by atoms with Gasteiger partial charge in [0, 0.05) is 18.2 Å². The van der Waals surface area contributed by atoms with Crippen molar-refractivity contribution in [1.82, 2.24) is 5.32 Å². The Kier molecular flexibility index (Phi) is 10.1. The summed E-state index contributed by atoms with van der Waals surface area (Å²) in [5.74, 6) is -0.285. The summed E-state index contributed by atoms with van der Waals surface area (Å²) in [7, 11) is 0. The normalized spacial score (nSPS) is 12.5. The molecule has 0 fully saturated rings. The Hall–Kier alpha value is -3.81. The number of ether oxygens (including phenoxy) is 1. The van der Waals surface area contributed by atoms with Crippen molar-refractivity contribution in [1.29, 1.82) is 0 Å². The minimum atomic E-state index is -1.15. The number of ketones is 1. The first kappa shape index (κ1) is 26.4. The summed E-state index contributed by atoms with van der Waals surface area (Å²) in [6.07, 6.45) is 6.52. The summed E-state index contributed by atoms with van der Waals surface area (Å²) in [5, 5.41) is 21.0. The van der Waals surface area contributed by atoms with Gasteiger partial charge >= 0.3 is 11.7 Å². The molecule has 0 spiro atoms. The number of carbonyl (C=O) groups excluding carboxylic acids is 1. The molecule has 1 aromatic heterocycles. The first-order valence-electron chi connectivity index (χ1n) is 11.2. The van der Waals surface area contributed by atoms with Crippen molar-refractivity contribution in [2.75, 3.05) is 6.61 Å². The van der Waals surface area contributed by atoms with Crippen molar-refractivity contribution >= 4 is 18.0 Å². The van der Waals surface area contributed by atoms with Crippen LogP contribution in [0, 0.1) is 0 Å². The van der Waals surface area contributed by atoms with E-state index < -0.39 is 28.8 Å². The number of rotatable bonds is 12. The van der Waals surface area contributed by atoms with Crippen LogP contribution in [-0.4, -0.2) is 28.7 Å². The maximum absolute atomic E-state index is 12.8. The van der Waals surface area contributed by atoms with E-state index in [2.05, 4.69) is 12.2 Å². The van der Waals surface area contributed by atoms with Crippen molar-refractivity contribution in [3.05, 3.63) is 75.5 Å². The Morgan fingerprint density at radius 3 is 2.56 bits per heavy atom. The molecule has 34 heavy (non-hydrogen) atoms. The molecule has 2 rings (SSSR count). The van der Waals surface area contributed by atoms with Crippen LogP contribution in [0.3, 0.4) is 0 Å². The molecule has 0 aliphatic carbocycles. The number of carboxylic acid groups (broad SMARTS) is 1. The number of amides is 1. The van der Waals surface area contributed by atoms with Crippen LogP contribution < -0.4 is 15.7 Å². The highest BCUT2D eigenvalue weighted by atomic mass is 16.5. The second-order valence-corrected chi connectivity index (χ2v) is 7.95. The molecule has 1 heterocycles. The maximum atomic E-state index is 12.8. The molecule has 0 aliphatic rings. The third-order valence-corrected chi connectivity index (χ3v) is 5.14. The highest BCUT2D eigenvalue weighted by Crippen LogP contribution is 2.26. The van der Waals surface area contributed by atoms with Crippen LogP contribution in [0.4, 0.5) is 4.79 Å². The number of unbranched alkanes of at least 4 members (excludes halogenated alkanes) is 1. The van der Waals surface area contributed by atoms with E-state index in [0.29, 0.717) is 19.4 Å². The summed E-state index contributed by atoms with van der Waals surface area (Å²) < 4.78 is 10.9. The lowest BCUT2D eigenvalue weighted by Crippen LogP contribution is -2.16. The van der Waals surface area contributed by atoms with E-state index >= 15 is 0 Å². The summed E-state index contributed by atoms with van der Waals surface area (Å²) in [5.41, 5.74) is -0.274. The van der Waals surface area contributed by atoms with Gasteiger partial charge in [-0.15, -0.1) is 0 Å². The van der Waals surface area contributed by atoms with Crippen molar-refractivity contribution in [2.24, 2.45) is 0 Å². The van der Waals surface area contributed by atoms with Crippen molar-refractivity contribution in [3.63, 3.8) is 0 Å². The fourth-order valence-corrected chi connectivity index (χ4v) is 3.16. The van der Waals surface area contributed by atoms with Gasteiger partial charge in [-0.2, -0.15) is 0 Å². The summed E-state index contributed by atoms with van der Waals surface area (Å²) in [6.45, 7) is 6.11. The third-order valence-electron chi connectivity index (χ3n) is 5.14. The minimum Gasteiger partial charge on any atom is -0.507 e. The quantitative estimate of drug-likeness (QED) is 0.214. The molecule has 2 aromatic rings. The zero-order valence-electron chi connectivity index (χ0n) is 19.7. The molecule has 1 aromatic carbocycles. The van der Waals surface area contributed by atoms with E-state index in [-0.39, 0.29) is 17.3 Å². The van der Waals surface area contributed by atoms with Crippen molar-refractivity contribution in [2.45, 2.75) is 52.4 Å². The van der Waals surface area contributed by atoms with Crippen LogP contribution in [0.5, 0.6) is 11.5 Å². The van der Waals surface area contributed by atoms with E-state index in [9.17, 15) is 19.5 Å². The molecule has 0 aliphatic heterocycles. The number of nitrogens with one attached hydrogen (secondary N) is 1. The lowest BCUT2D eigenvalue weighted by atomic mass is 9.99. The van der Waals surface area contributed by atoms with Gasteiger partial charge in [0.1, 0.15) is 22.8 Å². The molecule has 182 valence electrons. The van der Waals surface area contributed by atoms with E-state index in [1.807, 2.05) is 24.3 Å². The second-order valence-electron chi connectivity index (χ2n) is 7.95. The lowest BCUT2D eigenvalue weighted by molar-refractivity contribution is 0.102. The molecule has 0 bridgehead atoms. The lowest BCUT2D eigenvalue weighted by Gasteiger charge is -2.11. The van der Waals surface area contributed by atoms with Gasteiger partial charge in [0.2, 0.25) is 0 Å². The Labute approximate surface area is 198 Å². The topological polar surface area (TPSA) is 126 Å². The van der Waals surface area contributed by atoms with Gasteiger partial charge in [0.25, 0.3) is 0 Å². The molecule has 1 atom stereocenters. The van der Waals surface area contributed by atoms with Gasteiger partial charge in [-0.05, 0) is 55.5 Å². The summed E-state index contributed by atoms with van der Waals surface area (Å²) in [6, 6.07) is 8.54. The van der Waals surface area contributed by atoms with Gasteiger partial charge in [-0.3, -0.25) is 10.1 Å². The zero-order chi connectivity index (χ0) is 25.1. The predicted octanol–water partition coefficient (Wildman–Crippen LogP) is 5.48. The molecule has 0 saturated carbocycles. The molecular formula is C26H31NO7. The summed E-state index contributed by atoms with van der Waals surface area (Å²) in [4.78, 5) is 35.8. The van der Waals surface area contributed by atoms with E-state index in [1.165, 1.54) is 12.3 Å². The smallest absolute Gasteiger partial charge is 0.408 e. The van der Waals surface area contributed by atoms with Crippen LogP contribution in [-0.2, 0) is 0 Å². The SMILES string of the molecule is CCCCOc1ccc(C=C(C)C(=O)c2c(O)cc(C(C)CCC=CNC(=O)O)oc2=O)cc1. The van der Waals surface area contributed by atoms with Crippen molar-refractivity contribution in [3.8, 4) is 11.5 Å². The first-order valence-corrected chi connectivity index (χ1v) is 11.2. The molecule has 8 nitrogen and oxygen atoms in total. The van der Waals surface area contributed by atoms with Gasteiger partial charge in [0.15, 0.2) is 5.78 Å². The van der Waals surface area contributed by atoms with Gasteiger partial charge in [-0.1, -0.05) is 38.5 Å². The van der Waals surface area contributed by atoms with Crippen LogP contribution in [0.25, 0.3) is 6.08 Å². The molecule has 1 amide bonds. The molecule has 0 saturated heterocycles. The highest BCUT2D eigenvalue weighted by molar-refractivity contribution is 6.12. The number of aromatic hydroxyl groups is 1. The largest absolute Gasteiger partial charge is 0.507 e. The van der Waals surface area contributed by atoms with Crippen LogP contribution in [0.15, 0.2) is 57.4 Å². The third kappa shape index (κ3) is 7.95. The highest BCUT2D eigenvalue weighted by Gasteiger charge is 2.22. The standard InChI is InChI=1S/C26H31NO7/c1-4-5-14-33-20-11-9-19(10-12-20)15-18(3)24(29)23-21(28)16-22(34-25(23)30)17(2)8-6-7-13-27-26(31)32/h7,9-13,15-17,27-28H,4-6,8,14H2,1-3H3,(H,31,32). The molecule has 1 unspecified atom stereocenters. The predicted molar refractivity (Wildman–Crippen MR) is 129 cm³/mol. The average molecular weight is 470 g/mol. The molecule has 3 N–H and O–H groups in total. The average Bonchev–Trinajstić information content (AvgIpc) is 2.79. The minimum absolute atomic E-state index is 0.230. The number of benzene rings is 1. The zero-order valence-corrected chi connectivity index (χ0v) is 19.7. The fraction of sp³-hybridized carbons (Fsp3) is 0.346. The Bertz CT molecular complexity index is 1100. The maximum Gasteiger partial charge on any atom is 0.408 e. The van der Waals surface area contributed by atoms with Crippen LogP contribution in [0.1, 0.15) is 74.1 Å². The number of Topliss-reactive ketones (excluding diaryl/α,β-unsaturated/α-hetero) is 1. The van der Waals surface area contributed by atoms with E-state index in [0.717, 1.165) is 24.2 Å². The van der Waals surface area contributed by atoms with Gasteiger partial charge in [0.05, 0.1) is 6.61 Å². The first-order chi connectivity index (χ1) is 16.2. The van der Waals surface area contributed by atoms with Crippen LogP contribution >= 0.6 is 0 Å². The second kappa shape index (κ2) is 13.0. The fourth-order valence-electron chi connectivity index (χ4n) is 3.16. The van der Waals surface area contributed by atoms with Crippen LogP contribution in [0.2, 0.25) is 0 Å². The van der Waals surface area contributed by atoms with E-state index in [1.54, 1.807) is 26.0 Å². The monoisotopic (exact) mass is 469 g/mol. The Morgan fingerprint density at radius 1 is 1.24 bits per heavy atom.